The summed E-state index contributed by atoms with van der Waals surface area (Å²) in [5.74, 6) is -1.83. The normalized spacial score (nSPS) is 17.5. The number of halogens is 3. The van der Waals surface area contributed by atoms with Gasteiger partial charge in [-0.15, -0.1) is 0 Å². The van der Waals surface area contributed by atoms with Crippen LogP contribution in [0.1, 0.15) is 12.0 Å². The van der Waals surface area contributed by atoms with E-state index >= 15 is 4.39 Å². The Morgan fingerprint density at radius 2 is 2.09 bits per heavy atom. The lowest BCUT2D eigenvalue weighted by Crippen LogP contribution is -2.24. The Bertz CT molecular complexity index is 1430. The number of aromatic amines is 1. The molecule has 1 fully saturated rings. The summed E-state index contributed by atoms with van der Waals surface area (Å²) in [5, 5.41) is 9.67. The van der Waals surface area contributed by atoms with E-state index in [0.29, 0.717) is 27.8 Å². The molecule has 0 aliphatic heterocycles. The first-order valence-corrected chi connectivity index (χ1v) is 10.5. The number of alkyl halides is 1. The summed E-state index contributed by atoms with van der Waals surface area (Å²) in [4.78, 5) is 34.2. The molecule has 0 radical (unpaired) electrons. The minimum atomic E-state index is -1.11. The van der Waals surface area contributed by atoms with E-state index in [0.717, 1.165) is 0 Å². The van der Waals surface area contributed by atoms with Crippen molar-refractivity contribution in [1.82, 2.24) is 29.5 Å². The van der Waals surface area contributed by atoms with Gasteiger partial charge in [0.05, 0.1) is 47.2 Å². The monoisotopic (exact) mass is 473 g/mol. The number of likely N-dealkylation sites (N-methyl/N-ethyl adjacent to an activating group) is 1. The second-order valence-corrected chi connectivity index (χ2v) is 8.49. The van der Waals surface area contributed by atoms with Crippen LogP contribution in [0.3, 0.4) is 0 Å². The van der Waals surface area contributed by atoms with Gasteiger partial charge in [-0.3, -0.25) is 19.7 Å². The van der Waals surface area contributed by atoms with E-state index in [4.69, 9.17) is 11.6 Å². The molecule has 170 valence electrons. The van der Waals surface area contributed by atoms with Crippen LogP contribution >= 0.6 is 11.6 Å². The smallest absolute Gasteiger partial charge is 0.231 e. The maximum atomic E-state index is 15.3. The van der Waals surface area contributed by atoms with Gasteiger partial charge >= 0.3 is 0 Å². The average Bonchev–Trinajstić information content (AvgIpc) is 3.15. The summed E-state index contributed by atoms with van der Waals surface area (Å²) in [6.45, 7) is 0. The molecule has 4 aromatic rings. The van der Waals surface area contributed by atoms with Gasteiger partial charge in [0.25, 0.3) is 0 Å². The number of anilines is 1. The molecule has 0 bridgehead atoms. The van der Waals surface area contributed by atoms with Crippen molar-refractivity contribution in [2.45, 2.75) is 19.0 Å². The van der Waals surface area contributed by atoms with Crippen LogP contribution in [0, 0.1) is 11.7 Å². The van der Waals surface area contributed by atoms with Gasteiger partial charge in [-0.25, -0.2) is 13.8 Å². The second kappa shape index (κ2) is 7.77. The molecule has 33 heavy (non-hydrogen) atoms. The minimum absolute atomic E-state index is 0.120. The SMILES string of the molecule is CN(C)C(=O)Cc1c(F)c(Cl)c(-c2cn3cc(NC(=O)C4CC4F)nc3cn2)c2cn[nH]c12. The standard InChI is InChI=1S/C21H18ClF2N7O2/c1-30(2)16(32)4-10-19(24)18(22)17(11-5-26-29-20(10)11)13-7-31-8-14(27-15(31)6-25-13)28-21(33)9-3-12(9)23/h5-9,12H,3-4H2,1-2H3,(H,26,29)(H,28,33). The summed E-state index contributed by atoms with van der Waals surface area (Å²) in [5.41, 5.74) is 1.54. The van der Waals surface area contributed by atoms with Crippen molar-refractivity contribution in [3.8, 4) is 11.3 Å². The van der Waals surface area contributed by atoms with Gasteiger partial charge in [-0.2, -0.15) is 5.10 Å². The maximum Gasteiger partial charge on any atom is 0.231 e. The number of rotatable bonds is 5. The molecule has 2 N–H and O–H groups in total. The minimum Gasteiger partial charge on any atom is -0.349 e. The highest BCUT2D eigenvalue weighted by Crippen LogP contribution is 2.39. The van der Waals surface area contributed by atoms with Crippen molar-refractivity contribution in [3.05, 3.63) is 41.2 Å². The third kappa shape index (κ3) is 3.67. The van der Waals surface area contributed by atoms with Crippen LogP contribution < -0.4 is 5.32 Å². The fourth-order valence-corrected chi connectivity index (χ4v) is 3.96. The van der Waals surface area contributed by atoms with E-state index in [2.05, 4.69) is 25.5 Å². The zero-order valence-corrected chi connectivity index (χ0v) is 18.3. The molecule has 1 aliphatic rings. The van der Waals surface area contributed by atoms with Gasteiger partial charge < -0.3 is 14.6 Å². The first-order chi connectivity index (χ1) is 15.7. The Labute approximate surface area is 190 Å². The quantitative estimate of drug-likeness (QED) is 0.463. The fourth-order valence-electron chi connectivity index (χ4n) is 3.64. The fraction of sp³-hybridized carbons (Fsp3) is 0.286. The van der Waals surface area contributed by atoms with Crippen LogP contribution in [0.2, 0.25) is 5.02 Å². The number of fused-ring (bicyclic) bond motifs is 2. The van der Waals surface area contributed by atoms with Crippen molar-refractivity contribution in [2.24, 2.45) is 5.92 Å². The summed E-state index contributed by atoms with van der Waals surface area (Å²) in [6, 6.07) is 0. The number of aromatic nitrogens is 5. The number of amides is 2. The number of carbonyl (C=O) groups is 2. The largest absolute Gasteiger partial charge is 0.349 e. The van der Waals surface area contributed by atoms with Crippen molar-refractivity contribution < 1.29 is 18.4 Å². The van der Waals surface area contributed by atoms with E-state index in [1.165, 1.54) is 17.3 Å². The van der Waals surface area contributed by atoms with E-state index in [1.54, 1.807) is 30.9 Å². The predicted octanol–water partition coefficient (Wildman–Crippen LogP) is 2.99. The van der Waals surface area contributed by atoms with Gasteiger partial charge in [-0.1, -0.05) is 11.6 Å². The lowest BCUT2D eigenvalue weighted by Gasteiger charge is -2.14. The lowest BCUT2D eigenvalue weighted by molar-refractivity contribution is -0.128. The molecule has 2 unspecified atom stereocenters. The maximum absolute atomic E-state index is 15.3. The summed E-state index contributed by atoms with van der Waals surface area (Å²) < 4.78 is 30.0. The molecular formula is C21H18ClF2N7O2. The van der Waals surface area contributed by atoms with E-state index < -0.39 is 23.8 Å². The number of hydrogen-bond acceptors (Lipinski definition) is 5. The molecule has 5 rings (SSSR count). The molecule has 0 saturated heterocycles. The van der Waals surface area contributed by atoms with E-state index in [-0.39, 0.29) is 35.2 Å². The molecule has 2 atom stereocenters. The van der Waals surface area contributed by atoms with Crippen molar-refractivity contribution in [3.63, 3.8) is 0 Å². The lowest BCUT2D eigenvalue weighted by atomic mass is 10.0. The zero-order valence-electron chi connectivity index (χ0n) is 17.6. The van der Waals surface area contributed by atoms with Crippen LogP contribution in [0.25, 0.3) is 27.8 Å². The van der Waals surface area contributed by atoms with Crippen LogP contribution in [0.5, 0.6) is 0 Å². The van der Waals surface area contributed by atoms with E-state index in [9.17, 15) is 14.0 Å². The van der Waals surface area contributed by atoms with Crippen LogP contribution in [-0.2, 0) is 16.0 Å². The molecule has 1 aromatic carbocycles. The molecule has 1 saturated carbocycles. The Balaban J connectivity index is 1.55. The first kappa shape index (κ1) is 21.3. The summed E-state index contributed by atoms with van der Waals surface area (Å²) in [7, 11) is 3.17. The summed E-state index contributed by atoms with van der Waals surface area (Å²) in [6.07, 6.45) is 5.00. The Morgan fingerprint density at radius 1 is 1.33 bits per heavy atom. The number of H-pyrrole nitrogens is 1. The Morgan fingerprint density at radius 3 is 2.79 bits per heavy atom. The first-order valence-electron chi connectivity index (χ1n) is 10.1. The van der Waals surface area contributed by atoms with Gasteiger partial charge in [0, 0.05) is 36.8 Å². The molecular weight excluding hydrogens is 456 g/mol. The Kier molecular flexibility index (Phi) is 5.00. The number of imidazole rings is 1. The highest BCUT2D eigenvalue weighted by molar-refractivity contribution is 6.35. The number of hydrogen-bond donors (Lipinski definition) is 2. The zero-order chi connectivity index (χ0) is 23.4. The second-order valence-electron chi connectivity index (χ2n) is 8.12. The summed E-state index contributed by atoms with van der Waals surface area (Å²) >= 11 is 6.41. The number of benzene rings is 1. The third-order valence-electron chi connectivity index (χ3n) is 5.61. The van der Waals surface area contributed by atoms with Crippen LogP contribution in [0.15, 0.2) is 24.8 Å². The van der Waals surface area contributed by atoms with Crippen molar-refractivity contribution in [2.75, 3.05) is 19.4 Å². The van der Waals surface area contributed by atoms with Crippen molar-refractivity contribution in [1.29, 1.82) is 0 Å². The number of carbonyl (C=O) groups excluding carboxylic acids is 2. The highest BCUT2D eigenvalue weighted by Gasteiger charge is 2.43. The molecule has 12 heteroatoms. The van der Waals surface area contributed by atoms with Crippen LogP contribution in [0.4, 0.5) is 14.6 Å². The molecule has 1 aliphatic carbocycles. The Hall–Kier alpha value is -3.60. The van der Waals surface area contributed by atoms with Gasteiger partial charge in [-0.05, 0) is 6.42 Å². The number of nitrogens with zero attached hydrogens (tertiary/aromatic N) is 5. The third-order valence-corrected chi connectivity index (χ3v) is 5.97. The van der Waals surface area contributed by atoms with E-state index in [1.807, 2.05) is 0 Å². The molecule has 2 amide bonds. The highest BCUT2D eigenvalue weighted by atomic mass is 35.5. The van der Waals surface area contributed by atoms with Gasteiger partial charge in [0.1, 0.15) is 12.0 Å². The van der Waals surface area contributed by atoms with Gasteiger partial charge in [0.15, 0.2) is 11.5 Å². The topological polar surface area (TPSA) is 108 Å². The molecule has 9 nitrogen and oxygen atoms in total. The molecule has 3 heterocycles. The van der Waals surface area contributed by atoms with Crippen LogP contribution in [-0.4, -0.2) is 61.5 Å². The van der Waals surface area contributed by atoms with Crippen molar-refractivity contribution >= 4 is 45.8 Å². The molecule has 3 aromatic heterocycles. The van der Waals surface area contributed by atoms with Gasteiger partial charge in [0.2, 0.25) is 11.8 Å². The molecule has 0 spiro atoms. The predicted molar refractivity (Wildman–Crippen MR) is 117 cm³/mol. The average molecular weight is 474 g/mol. The number of nitrogens with one attached hydrogen (secondary N) is 2.